The maximum Gasteiger partial charge on any atom is 0.250 e. The van der Waals surface area contributed by atoms with Gasteiger partial charge in [0, 0.05) is 13.2 Å². The number of hydrogen-bond acceptors (Lipinski definition) is 3. The van der Waals surface area contributed by atoms with Gasteiger partial charge in [0.2, 0.25) is 11.8 Å². The lowest BCUT2D eigenvalue weighted by molar-refractivity contribution is -0.134. The zero-order valence-corrected chi connectivity index (χ0v) is 11.8. The number of aromatic nitrogens is 2. The molecular formula is C13H20N4O2. The Labute approximate surface area is 112 Å². The molecule has 0 radical (unpaired) electrons. The molecule has 1 fully saturated rings. The summed E-state index contributed by atoms with van der Waals surface area (Å²) >= 11 is 0. The molecule has 2 amide bonds. The highest BCUT2D eigenvalue weighted by Crippen LogP contribution is 2.26. The van der Waals surface area contributed by atoms with Crippen molar-refractivity contribution in [3.63, 3.8) is 0 Å². The number of rotatable bonds is 3. The van der Waals surface area contributed by atoms with Crippen LogP contribution in [0.15, 0.2) is 6.20 Å². The van der Waals surface area contributed by atoms with Crippen molar-refractivity contribution in [1.29, 1.82) is 0 Å². The molecule has 0 bridgehead atoms. The third-order valence-corrected chi connectivity index (χ3v) is 3.51. The molecule has 6 nitrogen and oxygen atoms in total. The van der Waals surface area contributed by atoms with Crippen molar-refractivity contribution in [2.75, 3.05) is 4.90 Å². The SMILES string of the molecule is CCC1NC(=O)C(CC)N(c2cn(C)nc2C)C1=O. The molecule has 2 atom stereocenters. The van der Waals surface area contributed by atoms with E-state index in [9.17, 15) is 9.59 Å². The summed E-state index contributed by atoms with van der Waals surface area (Å²) in [7, 11) is 1.81. The molecule has 1 aliphatic rings. The van der Waals surface area contributed by atoms with Gasteiger partial charge in [-0.15, -0.1) is 0 Å². The first kappa shape index (κ1) is 13.6. The highest BCUT2D eigenvalue weighted by Gasteiger charge is 2.40. The smallest absolute Gasteiger partial charge is 0.250 e. The molecule has 6 heteroatoms. The topological polar surface area (TPSA) is 67.2 Å². The average molecular weight is 264 g/mol. The minimum absolute atomic E-state index is 0.0509. The normalized spacial score (nSPS) is 23.7. The summed E-state index contributed by atoms with van der Waals surface area (Å²) in [6, 6.07) is -0.881. The molecule has 0 aromatic carbocycles. The quantitative estimate of drug-likeness (QED) is 0.876. The van der Waals surface area contributed by atoms with Gasteiger partial charge in [-0.25, -0.2) is 0 Å². The van der Waals surface area contributed by atoms with Gasteiger partial charge in [0.1, 0.15) is 12.1 Å². The number of carbonyl (C=O) groups excluding carboxylic acids is 2. The van der Waals surface area contributed by atoms with Gasteiger partial charge in [-0.1, -0.05) is 13.8 Å². The van der Waals surface area contributed by atoms with E-state index in [2.05, 4.69) is 10.4 Å². The molecule has 2 rings (SSSR count). The lowest BCUT2D eigenvalue weighted by Gasteiger charge is -2.37. The highest BCUT2D eigenvalue weighted by molar-refractivity contribution is 6.08. The fourth-order valence-electron chi connectivity index (χ4n) is 2.52. The van der Waals surface area contributed by atoms with Crippen LogP contribution in [0.5, 0.6) is 0 Å². The number of carbonyl (C=O) groups is 2. The van der Waals surface area contributed by atoms with Gasteiger partial charge in [0.25, 0.3) is 0 Å². The number of hydrogen-bond donors (Lipinski definition) is 1. The second-order valence-corrected chi connectivity index (χ2v) is 4.88. The molecule has 0 spiro atoms. The van der Waals surface area contributed by atoms with Crippen molar-refractivity contribution in [3.8, 4) is 0 Å². The molecule has 1 saturated heterocycles. The summed E-state index contributed by atoms with van der Waals surface area (Å²) < 4.78 is 1.66. The summed E-state index contributed by atoms with van der Waals surface area (Å²) in [6.07, 6.45) is 2.97. The van der Waals surface area contributed by atoms with Crippen LogP contribution in [0, 0.1) is 6.92 Å². The second-order valence-electron chi connectivity index (χ2n) is 4.88. The van der Waals surface area contributed by atoms with Crippen LogP contribution >= 0.6 is 0 Å². The number of nitrogens with zero attached hydrogens (tertiary/aromatic N) is 3. The Balaban J connectivity index is 2.45. The first-order valence-corrected chi connectivity index (χ1v) is 6.63. The molecule has 1 N–H and O–H groups in total. The molecule has 104 valence electrons. The van der Waals surface area contributed by atoms with Gasteiger partial charge < -0.3 is 5.32 Å². The third kappa shape index (κ3) is 2.22. The van der Waals surface area contributed by atoms with E-state index in [1.165, 1.54) is 0 Å². The lowest BCUT2D eigenvalue weighted by atomic mass is 10.0. The van der Waals surface area contributed by atoms with E-state index in [0.717, 1.165) is 11.4 Å². The molecule has 0 saturated carbocycles. The Kier molecular flexibility index (Phi) is 3.59. The number of nitrogens with one attached hydrogen (secondary N) is 1. The molecule has 2 unspecified atom stereocenters. The van der Waals surface area contributed by atoms with Crippen LogP contribution in [-0.4, -0.2) is 33.7 Å². The standard InChI is InChI=1S/C13H20N4O2/c1-5-9-13(19)17(10(6-2)12(18)14-9)11-7-16(4)15-8(11)3/h7,9-10H,5-6H2,1-4H3,(H,14,18). The van der Waals surface area contributed by atoms with Crippen molar-refractivity contribution >= 4 is 17.5 Å². The minimum Gasteiger partial charge on any atom is -0.342 e. The van der Waals surface area contributed by atoms with Gasteiger partial charge in [0.15, 0.2) is 0 Å². The van der Waals surface area contributed by atoms with Gasteiger partial charge in [0.05, 0.1) is 11.4 Å². The van der Waals surface area contributed by atoms with Crippen molar-refractivity contribution in [2.45, 2.75) is 45.7 Å². The number of anilines is 1. The van der Waals surface area contributed by atoms with E-state index < -0.39 is 12.1 Å². The minimum atomic E-state index is -0.446. The van der Waals surface area contributed by atoms with Crippen molar-refractivity contribution < 1.29 is 9.59 Å². The molecule has 19 heavy (non-hydrogen) atoms. The summed E-state index contributed by atoms with van der Waals surface area (Å²) in [5.74, 6) is -0.137. The molecule has 2 heterocycles. The molecule has 1 aromatic heterocycles. The molecule has 1 aliphatic heterocycles. The van der Waals surface area contributed by atoms with Crippen molar-refractivity contribution in [1.82, 2.24) is 15.1 Å². The van der Waals surface area contributed by atoms with Crippen LogP contribution in [0.25, 0.3) is 0 Å². The Morgan fingerprint density at radius 2 is 2.00 bits per heavy atom. The molecule has 1 aromatic rings. The van der Waals surface area contributed by atoms with Gasteiger partial charge in [-0.2, -0.15) is 5.10 Å². The van der Waals surface area contributed by atoms with Crippen LogP contribution in [0.3, 0.4) is 0 Å². The summed E-state index contributed by atoms with van der Waals surface area (Å²) in [4.78, 5) is 26.2. The largest absolute Gasteiger partial charge is 0.342 e. The van der Waals surface area contributed by atoms with Gasteiger partial charge in [-0.3, -0.25) is 19.2 Å². The van der Waals surface area contributed by atoms with Crippen molar-refractivity contribution in [2.24, 2.45) is 7.05 Å². The van der Waals surface area contributed by atoms with E-state index in [4.69, 9.17) is 0 Å². The van der Waals surface area contributed by atoms with Crippen LogP contribution in [0.2, 0.25) is 0 Å². The summed E-state index contributed by atoms with van der Waals surface area (Å²) in [5.41, 5.74) is 1.49. The zero-order valence-electron chi connectivity index (χ0n) is 11.8. The number of piperazine rings is 1. The Hall–Kier alpha value is -1.85. The molecular weight excluding hydrogens is 244 g/mol. The van der Waals surface area contributed by atoms with Crippen molar-refractivity contribution in [3.05, 3.63) is 11.9 Å². The Bertz CT molecular complexity index is 509. The van der Waals surface area contributed by atoms with E-state index in [1.807, 2.05) is 27.8 Å². The van der Waals surface area contributed by atoms with Crippen LogP contribution in [0.1, 0.15) is 32.4 Å². The third-order valence-electron chi connectivity index (χ3n) is 3.51. The zero-order chi connectivity index (χ0) is 14.2. The monoisotopic (exact) mass is 264 g/mol. The van der Waals surface area contributed by atoms with E-state index in [1.54, 1.807) is 15.8 Å². The fourth-order valence-corrected chi connectivity index (χ4v) is 2.52. The summed E-state index contributed by atoms with van der Waals surface area (Å²) in [5, 5.41) is 7.04. The predicted molar refractivity (Wildman–Crippen MR) is 71.7 cm³/mol. The number of aryl methyl sites for hydroxylation is 2. The first-order valence-electron chi connectivity index (χ1n) is 6.63. The van der Waals surface area contributed by atoms with E-state index >= 15 is 0 Å². The average Bonchev–Trinajstić information content (AvgIpc) is 2.70. The van der Waals surface area contributed by atoms with Gasteiger partial charge in [-0.05, 0) is 19.8 Å². The van der Waals surface area contributed by atoms with Crippen LogP contribution < -0.4 is 10.2 Å². The van der Waals surface area contributed by atoms with E-state index in [-0.39, 0.29) is 11.8 Å². The van der Waals surface area contributed by atoms with Gasteiger partial charge >= 0.3 is 0 Å². The molecule has 0 aliphatic carbocycles. The van der Waals surface area contributed by atoms with E-state index in [0.29, 0.717) is 12.8 Å². The number of amides is 2. The summed E-state index contributed by atoms with van der Waals surface area (Å²) in [6.45, 7) is 5.65. The Morgan fingerprint density at radius 1 is 1.32 bits per heavy atom. The Morgan fingerprint density at radius 3 is 2.47 bits per heavy atom. The predicted octanol–water partition coefficient (Wildman–Crippen LogP) is 0.749. The fraction of sp³-hybridized carbons (Fsp3) is 0.615. The second kappa shape index (κ2) is 5.03. The van der Waals surface area contributed by atoms with Crippen LogP contribution in [-0.2, 0) is 16.6 Å². The maximum absolute atomic E-state index is 12.5. The highest BCUT2D eigenvalue weighted by atomic mass is 16.2. The van der Waals surface area contributed by atoms with Crippen LogP contribution in [0.4, 0.5) is 5.69 Å². The lowest BCUT2D eigenvalue weighted by Crippen LogP contribution is -2.63. The maximum atomic E-state index is 12.5. The first-order chi connectivity index (χ1) is 8.99.